The summed E-state index contributed by atoms with van der Waals surface area (Å²) in [5.41, 5.74) is 3.57. The molecule has 4 heteroatoms. The van der Waals surface area contributed by atoms with E-state index in [9.17, 15) is 4.79 Å². The van der Waals surface area contributed by atoms with Crippen molar-refractivity contribution in [2.75, 3.05) is 0 Å². The van der Waals surface area contributed by atoms with Crippen LogP contribution in [-0.4, -0.2) is 17.4 Å². The monoisotopic (exact) mass is 284 g/mol. The van der Waals surface area contributed by atoms with E-state index < -0.39 is 11.7 Å². The van der Waals surface area contributed by atoms with Crippen molar-refractivity contribution in [3.63, 3.8) is 0 Å². The van der Waals surface area contributed by atoms with Crippen LogP contribution in [0.3, 0.4) is 0 Å². The van der Waals surface area contributed by atoms with Crippen LogP contribution in [0, 0.1) is 0 Å². The molecule has 0 saturated heterocycles. The Morgan fingerprint density at radius 2 is 1.76 bits per heavy atom. The fourth-order valence-electron chi connectivity index (χ4n) is 1.91. The van der Waals surface area contributed by atoms with Gasteiger partial charge in [0.25, 0.3) is 0 Å². The highest BCUT2D eigenvalue weighted by molar-refractivity contribution is 6.02. The summed E-state index contributed by atoms with van der Waals surface area (Å²) in [7, 11) is 0. The second-order valence-corrected chi connectivity index (χ2v) is 5.87. The average Bonchev–Trinajstić information content (AvgIpc) is 2.42. The van der Waals surface area contributed by atoms with Gasteiger partial charge in [0.15, 0.2) is 0 Å². The van der Waals surface area contributed by atoms with Crippen molar-refractivity contribution in [1.29, 1.82) is 0 Å². The minimum absolute atomic E-state index is 0.531. The predicted molar refractivity (Wildman–Crippen MR) is 85.5 cm³/mol. The first-order valence-corrected chi connectivity index (χ1v) is 6.87. The maximum atomic E-state index is 11.6. The van der Waals surface area contributed by atoms with Crippen molar-refractivity contribution in [2.45, 2.75) is 33.3 Å². The second kappa shape index (κ2) is 5.95. The summed E-state index contributed by atoms with van der Waals surface area (Å²) >= 11 is 0. The molecule has 0 unspecified atom stereocenters. The molecule has 21 heavy (non-hydrogen) atoms. The van der Waals surface area contributed by atoms with E-state index in [1.807, 2.05) is 64.1 Å². The molecule has 0 aliphatic carbocycles. The molecule has 110 valence electrons. The van der Waals surface area contributed by atoms with E-state index in [1.165, 1.54) is 5.39 Å². The first-order valence-electron chi connectivity index (χ1n) is 6.87. The molecule has 0 aliphatic heterocycles. The highest BCUT2D eigenvalue weighted by Gasteiger charge is 2.15. The van der Waals surface area contributed by atoms with Gasteiger partial charge in [0.1, 0.15) is 5.60 Å². The Balaban J connectivity index is 2.12. The number of nitrogens with zero attached hydrogens (tertiary/aromatic N) is 1. The van der Waals surface area contributed by atoms with Crippen LogP contribution in [0.1, 0.15) is 33.3 Å². The number of benzene rings is 2. The van der Waals surface area contributed by atoms with Gasteiger partial charge in [0.2, 0.25) is 0 Å². The third-order valence-electron chi connectivity index (χ3n) is 2.88. The Labute approximate surface area is 124 Å². The highest BCUT2D eigenvalue weighted by atomic mass is 16.6. The van der Waals surface area contributed by atoms with E-state index >= 15 is 0 Å². The lowest BCUT2D eigenvalue weighted by Crippen LogP contribution is -2.30. The molecule has 0 fully saturated rings. The first kappa shape index (κ1) is 15.0. The van der Waals surface area contributed by atoms with Crippen molar-refractivity contribution < 1.29 is 9.53 Å². The van der Waals surface area contributed by atoms with Crippen molar-refractivity contribution in [1.82, 2.24) is 5.43 Å². The number of carbonyl (C=O) groups excluding carboxylic acids is 1. The van der Waals surface area contributed by atoms with Gasteiger partial charge in [-0.3, -0.25) is 0 Å². The minimum atomic E-state index is -0.553. The molecule has 4 nitrogen and oxygen atoms in total. The fraction of sp³-hybridized carbons (Fsp3) is 0.294. The number of carbonyl (C=O) groups is 1. The van der Waals surface area contributed by atoms with Crippen LogP contribution >= 0.6 is 0 Å². The molecule has 0 saturated carbocycles. The van der Waals surface area contributed by atoms with Crippen LogP contribution in [-0.2, 0) is 4.74 Å². The van der Waals surface area contributed by atoms with Gasteiger partial charge in [-0.1, -0.05) is 36.4 Å². The van der Waals surface area contributed by atoms with Gasteiger partial charge in [-0.05, 0) is 50.1 Å². The van der Waals surface area contributed by atoms with Gasteiger partial charge in [-0.25, -0.2) is 10.2 Å². The molecular weight excluding hydrogens is 264 g/mol. The number of hydrogen-bond acceptors (Lipinski definition) is 3. The fourth-order valence-corrected chi connectivity index (χ4v) is 1.91. The maximum absolute atomic E-state index is 11.6. The molecule has 0 bridgehead atoms. The van der Waals surface area contributed by atoms with Crippen LogP contribution in [0.4, 0.5) is 4.79 Å². The third kappa shape index (κ3) is 4.31. The van der Waals surface area contributed by atoms with E-state index in [4.69, 9.17) is 4.74 Å². The zero-order valence-electron chi connectivity index (χ0n) is 12.8. The quantitative estimate of drug-likeness (QED) is 0.667. The number of nitrogens with one attached hydrogen (secondary N) is 1. The lowest BCUT2D eigenvalue weighted by molar-refractivity contribution is 0.0529. The molecule has 1 N–H and O–H groups in total. The lowest BCUT2D eigenvalue weighted by atomic mass is 10.0. The number of hydrogen-bond donors (Lipinski definition) is 1. The Kier molecular flexibility index (Phi) is 4.26. The Bertz CT molecular complexity index is 684. The average molecular weight is 284 g/mol. The molecule has 0 aliphatic rings. The van der Waals surface area contributed by atoms with Gasteiger partial charge in [-0.15, -0.1) is 0 Å². The van der Waals surface area contributed by atoms with E-state index in [0.717, 1.165) is 16.7 Å². The molecule has 0 atom stereocenters. The molecule has 0 heterocycles. The number of ether oxygens (including phenoxy) is 1. The topological polar surface area (TPSA) is 50.7 Å². The predicted octanol–water partition coefficient (Wildman–Crippen LogP) is 4.09. The van der Waals surface area contributed by atoms with E-state index in [2.05, 4.69) is 16.6 Å². The van der Waals surface area contributed by atoms with Crippen LogP contribution in [0.25, 0.3) is 10.8 Å². The number of hydrazone groups is 1. The van der Waals surface area contributed by atoms with Gasteiger partial charge in [-0.2, -0.15) is 5.10 Å². The summed E-state index contributed by atoms with van der Waals surface area (Å²) in [5, 5.41) is 6.39. The lowest BCUT2D eigenvalue weighted by Gasteiger charge is -2.18. The minimum Gasteiger partial charge on any atom is -0.443 e. The molecule has 0 radical (unpaired) electrons. The van der Waals surface area contributed by atoms with Crippen LogP contribution in [0.2, 0.25) is 0 Å². The molecule has 1 amide bonds. The van der Waals surface area contributed by atoms with E-state index in [1.54, 1.807) is 0 Å². The zero-order chi connectivity index (χ0) is 15.5. The summed E-state index contributed by atoms with van der Waals surface area (Å²) in [6, 6.07) is 14.2. The summed E-state index contributed by atoms with van der Waals surface area (Å²) in [6.45, 7) is 7.28. The van der Waals surface area contributed by atoms with Gasteiger partial charge >= 0.3 is 6.09 Å². The highest BCUT2D eigenvalue weighted by Crippen LogP contribution is 2.16. The normalized spacial score (nSPS) is 12.3. The van der Waals surface area contributed by atoms with Gasteiger partial charge < -0.3 is 4.74 Å². The molecule has 2 aromatic rings. The van der Waals surface area contributed by atoms with Crippen LogP contribution in [0.15, 0.2) is 47.6 Å². The first-order chi connectivity index (χ1) is 9.85. The summed E-state index contributed by atoms with van der Waals surface area (Å²) in [5.74, 6) is 0. The molecule has 2 rings (SSSR count). The molecular formula is C17H20N2O2. The van der Waals surface area contributed by atoms with Crippen LogP contribution in [0.5, 0.6) is 0 Å². The Morgan fingerprint density at radius 3 is 2.43 bits per heavy atom. The van der Waals surface area contributed by atoms with Crippen molar-refractivity contribution in [3.8, 4) is 0 Å². The summed E-state index contributed by atoms with van der Waals surface area (Å²) < 4.78 is 5.14. The third-order valence-corrected chi connectivity index (χ3v) is 2.88. The molecule has 2 aromatic carbocycles. The number of fused-ring (bicyclic) bond motifs is 1. The van der Waals surface area contributed by atoms with Crippen LogP contribution < -0.4 is 5.43 Å². The van der Waals surface area contributed by atoms with Crippen molar-refractivity contribution in [2.24, 2.45) is 5.10 Å². The smallest absolute Gasteiger partial charge is 0.428 e. The Hall–Kier alpha value is -2.36. The van der Waals surface area contributed by atoms with Gasteiger partial charge in [0, 0.05) is 0 Å². The van der Waals surface area contributed by atoms with Gasteiger partial charge in [0.05, 0.1) is 5.71 Å². The SMILES string of the molecule is C/C(=N\NC(=O)OC(C)(C)C)c1ccc2ccccc2c1. The van der Waals surface area contributed by atoms with E-state index in [-0.39, 0.29) is 0 Å². The zero-order valence-corrected chi connectivity index (χ0v) is 12.8. The summed E-state index contributed by atoms with van der Waals surface area (Å²) in [6.07, 6.45) is -0.553. The standard InChI is InChI=1S/C17H20N2O2/c1-12(18-19-16(20)21-17(2,3)4)14-10-9-13-7-5-6-8-15(13)11-14/h5-11H,1-4H3,(H,19,20)/b18-12+. The Morgan fingerprint density at radius 1 is 1.10 bits per heavy atom. The van der Waals surface area contributed by atoms with E-state index in [0.29, 0.717) is 0 Å². The maximum Gasteiger partial charge on any atom is 0.428 e. The number of rotatable bonds is 2. The second-order valence-electron chi connectivity index (χ2n) is 5.87. The largest absolute Gasteiger partial charge is 0.443 e. The van der Waals surface area contributed by atoms with Crippen molar-refractivity contribution in [3.05, 3.63) is 48.0 Å². The number of amides is 1. The summed E-state index contributed by atoms with van der Waals surface area (Å²) in [4.78, 5) is 11.6. The molecule has 0 spiro atoms. The van der Waals surface area contributed by atoms with Crippen molar-refractivity contribution >= 4 is 22.6 Å². The molecule has 0 aromatic heterocycles.